The Kier molecular flexibility index (Phi) is 9.05. The van der Waals surface area contributed by atoms with Crippen LogP contribution in [0.3, 0.4) is 0 Å². The zero-order chi connectivity index (χ0) is 27.0. The Morgan fingerprint density at radius 3 is 2.63 bits per heavy atom. The average molecular weight is 527 g/mol. The molecule has 1 aromatic heterocycles. The summed E-state index contributed by atoms with van der Waals surface area (Å²) in [5, 5.41) is 12.2. The van der Waals surface area contributed by atoms with Crippen LogP contribution >= 0.6 is 0 Å². The number of anilines is 1. The van der Waals surface area contributed by atoms with Gasteiger partial charge in [0.05, 0.1) is 69.0 Å². The maximum atomic E-state index is 13.3. The van der Waals surface area contributed by atoms with Crippen LogP contribution in [0.2, 0.25) is 0 Å². The summed E-state index contributed by atoms with van der Waals surface area (Å²) in [5.41, 5.74) is 2.12. The number of alkyl halides is 3. The Bertz CT molecular complexity index is 1280. The largest absolute Gasteiger partial charge is 0.497 e. The highest BCUT2D eigenvalue weighted by atomic mass is 19.4. The SMILES string of the molecule is COc1ccc(COCCOCCn2cncc2C2=CCC(Nc3ccc(C#N)c(C(F)(F)F)c3)C2)cc1. The van der Waals surface area contributed by atoms with Crippen molar-refractivity contribution >= 4 is 11.3 Å². The molecule has 1 unspecified atom stereocenters. The molecule has 3 aromatic rings. The molecular formula is C28H29F3N4O3. The van der Waals surface area contributed by atoms with Gasteiger partial charge in [0.15, 0.2) is 0 Å². The van der Waals surface area contributed by atoms with Crippen molar-refractivity contribution in [2.75, 3.05) is 32.2 Å². The third-order valence-corrected chi connectivity index (χ3v) is 6.25. The molecule has 1 aliphatic carbocycles. The summed E-state index contributed by atoms with van der Waals surface area (Å²) in [6.45, 7) is 2.57. The van der Waals surface area contributed by atoms with Gasteiger partial charge in [-0.1, -0.05) is 18.2 Å². The van der Waals surface area contributed by atoms with Crippen molar-refractivity contribution in [1.82, 2.24) is 9.55 Å². The molecule has 0 saturated heterocycles. The van der Waals surface area contributed by atoms with Gasteiger partial charge in [-0.25, -0.2) is 4.98 Å². The van der Waals surface area contributed by atoms with E-state index in [1.165, 1.54) is 12.1 Å². The van der Waals surface area contributed by atoms with Gasteiger partial charge in [-0.3, -0.25) is 0 Å². The first-order valence-electron chi connectivity index (χ1n) is 12.2. The van der Waals surface area contributed by atoms with Gasteiger partial charge in [-0.05, 0) is 54.3 Å². The maximum Gasteiger partial charge on any atom is 0.417 e. The lowest BCUT2D eigenvalue weighted by Crippen LogP contribution is -2.17. The number of hydrogen-bond donors (Lipinski definition) is 1. The van der Waals surface area contributed by atoms with E-state index in [1.807, 2.05) is 28.8 Å². The Morgan fingerprint density at radius 2 is 1.89 bits per heavy atom. The minimum atomic E-state index is -4.58. The van der Waals surface area contributed by atoms with Gasteiger partial charge >= 0.3 is 6.18 Å². The van der Waals surface area contributed by atoms with Gasteiger partial charge in [-0.15, -0.1) is 0 Å². The van der Waals surface area contributed by atoms with Crippen molar-refractivity contribution in [2.24, 2.45) is 0 Å². The lowest BCUT2D eigenvalue weighted by molar-refractivity contribution is -0.137. The lowest BCUT2D eigenvalue weighted by atomic mass is 10.1. The Morgan fingerprint density at radius 1 is 1.11 bits per heavy atom. The number of ether oxygens (including phenoxy) is 3. The van der Waals surface area contributed by atoms with E-state index in [1.54, 1.807) is 25.7 Å². The van der Waals surface area contributed by atoms with Crippen LogP contribution in [-0.2, 0) is 28.8 Å². The summed E-state index contributed by atoms with van der Waals surface area (Å²) in [4.78, 5) is 4.26. The van der Waals surface area contributed by atoms with Gasteiger partial charge in [-0.2, -0.15) is 18.4 Å². The second-order valence-electron chi connectivity index (χ2n) is 8.87. The molecule has 38 heavy (non-hydrogen) atoms. The molecular weight excluding hydrogens is 497 g/mol. The van der Waals surface area contributed by atoms with E-state index in [0.29, 0.717) is 51.5 Å². The molecule has 1 N–H and O–H groups in total. The highest BCUT2D eigenvalue weighted by molar-refractivity contribution is 5.67. The number of halogens is 3. The van der Waals surface area contributed by atoms with Crippen molar-refractivity contribution in [2.45, 2.75) is 38.2 Å². The number of aromatic nitrogens is 2. The van der Waals surface area contributed by atoms with Gasteiger partial charge in [0.25, 0.3) is 0 Å². The first-order valence-corrected chi connectivity index (χ1v) is 12.2. The minimum absolute atomic E-state index is 0.0542. The molecule has 0 bridgehead atoms. The highest BCUT2D eigenvalue weighted by Crippen LogP contribution is 2.35. The third kappa shape index (κ3) is 7.15. The summed E-state index contributed by atoms with van der Waals surface area (Å²) in [5.74, 6) is 0.807. The van der Waals surface area contributed by atoms with Crippen LogP contribution in [0.1, 0.15) is 35.2 Å². The van der Waals surface area contributed by atoms with Crippen LogP contribution in [0, 0.1) is 11.3 Å². The van der Waals surface area contributed by atoms with E-state index >= 15 is 0 Å². The van der Waals surface area contributed by atoms with Crippen molar-refractivity contribution < 1.29 is 27.4 Å². The lowest BCUT2D eigenvalue weighted by Gasteiger charge is -2.17. The van der Waals surface area contributed by atoms with E-state index in [2.05, 4.69) is 16.4 Å². The molecule has 2 aromatic carbocycles. The van der Waals surface area contributed by atoms with E-state index < -0.39 is 11.7 Å². The summed E-state index contributed by atoms with van der Waals surface area (Å²) in [6.07, 6.45) is 2.34. The minimum Gasteiger partial charge on any atom is -0.497 e. The van der Waals surface area contributed by atoms with E-state index in [9.17, 15) is 13.2 Å². The monoisotopic (exact) mass is 526 g/mol. The fourth-order valence-corrected chi connectivity index (χ4v) is 4.30. The number of imidazole rings is 1. The topological polar surface area (TPSA) is 81.3 Å². The molecule has 1 atom stereocenters. The standard InChI is InChI=1S/C28H29F3N4O3/c1-36-25-8-2-20(3-9-25)18-38-13-12-37-11-10-35-19-33-17-27(35)21-4-6-23(14-21)34-24-7-5-22(16-32)26(15-24)28(29,30)31/h2-5,7-9,15,17,19,23,34H,6,10-14,18H2,1H3. The highest BCUT2D eigenvalue weighted by Gasteiger charge is 2.34. The average Bonchev–Trinajstić information content (AvgIpc) is 3.57. The fourth-order valence-electron chi connectivity index (χ4n) is 4.30. The Balaban J connectivity index is 1.20. The molecule has 0 spiro atoms. The van der Waals surface area contributed by atoms with Crippen LogP contribution in [0.15, 0.2) is 61.1 Å². The summed E-state index contributed by atoms with van der Waals surface area (Å²) < 4.78 is 58.4. The molecule has 0 radical (unpaired) electrons. The van der Waals surface area contributed by atoms with Crippen molar-refractivity contribution in [1.29, 1.82) is 5.26 Å². The van der Waals surface area contributed by atoms with E-state index in [4.69, 9.17) is 19.5 Å². The quantitative estimate of drug-likeness (QED) is 0.306. The molecule has 4 rings (SSSR count). The molecule has 0 amide bonds. The molecule has 0 fully saturated rings. The number of rotatable bonds is 12. The van der Waals surface area contributed by atoms with Crippen molar-refractivity contribution in [3.05, 3.63) is 83.4 Å². The predicted molar refractivity (Wildman–Crippen MR) is 136 cm³/mol. The van der Waals surface area contributed by atoms with Crippen LogP contribution in [-0.4, -0.2) is 42.5 Å². The van der Waals surface area contributed by atoms with Crippen molar-refractivity contribution in [3.63, 3.8) is 0 Å². The maximum absolute atomic E-state index is 13.3. The second kappa shape index (κ2) is 12.6. The first kappa shape index (κ1) is 27.2. The van der Waals surface area contributed by atoms with E-state index in [0.717, 1.165) is 28.6 Å². The normalized spacial score (nSPS) is 15.2. The number of benzene rings is 2. The zero-order valence-electron chi connectivity index (χ0n) is 21.0. The molecule has 0 saturated carbocycles. The molecule has 1 heterocycles. The van der Waals surface area contributed by atoms with Crippen LogP contribution < -0.4 is 10.1 Å². The van der Waals surface area contributed by atoms with E-state index in [-0.39, 0.29) is 11.6 Å². The molecule has 0 aliphatic heterocycles. The second-order valence-corrected chi connectivity index (χ2v) is 8.87. The number of nitriles is 1. The smallest absolute Gasteiger partial charge is 0.417 e. The number of nitrogens with zero attached hydrogens (tertiary/aromatic N) is 3. The number of hydrogen-bond acceptors (Lipinski definition) is 6. The Labute approximate surface area is 219 Å². The zero-order valence-corrected chi connectivity index (χ0v) is 21.0. The fraction of sp³-hybridized carbons (Fsp3) is 0.357. The molecule has 10 heteroatoms. The predicted octanol–water partition coefficient (Wildman–Crippen LogP) is 5.67. The first-order chi connectivity index (χ1) is 18.4. The summed E-state index contributed by atoms with van der Waals surface area (Å²) >= 11 is 0. The van der Waals surface area contributed by atoms with Crippen LogP contribution in [0.5, 0.6) is 5.75 Å². The van der Waals surface area contributed by atoms with Crippen molar-refractivity contribution in [3.8, 4) is 11.8 Å². The van der Waals surface area contributed by atoms with Gasteiger partial charge < -0.3 is 24.1 Å². The number of nitrogens with one attached hydrogen (secondary N) is 1. The molecule has 1 aliphatic rings. The number of methoxy groups -OCH3 is 1. The molecule has 200 valence electrons. The van der Waals surface area contributed by atoms with Crippen LogP contribution in [0.4, 0.5) is 18.9 Å². The van der Waals surface area contributed by atoms with Gasteiger partial charge in [0.1, 0.15) is 5.75 Å². The summed E-state index contributed by atoms with van der Waals surface area (Å²) in [6, 6.07) is 13.0. The Hall–Kier alpha value is -3.81. The van der Waals surface area contributed by atoms with Gasteiger partial charge in [0, 0.05) is 18.3 Å². The summed E-state index contributed by atoms with van der Waals surface area (Å²) in [7, 11) is 1.63. The third-order valence-electron chi connectivity index (χ3n) is 6.25. The molecule has 7 nitrogen and oxygen atoms in total. The van der Waals surface area contributed by atoms with Gasteiger partial charge in [0.2, 0.25) is 0 Å². The van der Waals surface area contributed by atoms with Crippen LogP contribution in [0.25, 0.3) is 5.57 Å².